The van der Waals surface area contributed by atoms with E-state index in [1.54, 1.807) is 12.1 Å². The number of nitrogens with one attached hydrogen (secondary N) is 1. The minimum Gasteiger partial charge on any atom is -0.507 e. The van der Waals surface area contributed by atoms with Crippen molar-refractivity contribution in [1.82, 2.24) is 5.32 Å². The maximum atomic E-state index is 12.1. The molecule has 0 atom stereocenters. The van der Waals surface area contributed by atoms with Gasteiger partial charge in [0.1, 0.15) is 11.4 Å². The van der Waals surface area contributed by atoms with E-state index in [0.29, 0.717) is 6.54 Å². The average Bonchev–Trinajstić information content (AvgIpc) is 2.52. The van der Waals surface area contributed by atoms with Gasteiger partial charge in [0.2, 0.25) is 0 Å². The molecule has 0 bridgehead atoms. The van der Waals surface area contributed by atoms with Crippen molar-refractivity contribution in [3.63, 3.8) is 0 Å². The Balaban J connectivity index is 2.15. The van der Waals surface area contributed by atoms with E-state index >= 15 is 0 Å². The van der Waals surface area contributed by atoms with E-state index in [0.717, 1.165) is 11.6 Å². The second-order valence-electron chi connectivity index (χ2n) is 4.64. The fourth-order valence-corrected chi connectivity index (χ4v) is 1.89. The monoisotopic (exact) mass is 296 g/mol. The molecule has 4 N–H and O–H groups in total. The lowest BCUT2D eigenvalue weighted by molar-refractivity contribution is -0.114. The van der Waals surface area contributed by atoms with Crippen molar-refractivity contribution in [3.8, 4) is 5.75 Å². The number of aromatic hydroxyl groups is 1. The van der Waals surface area contributed by atoms with Gasteiger partial charge in [-0.25, -0.2) is 0 Å². The molecule has 0 aliphatic rings. The van der Waals surface area contributed by atoms with E-state index in [9.17, 15) is 14.7 Å². The first-order chi connectivity index (χ1) is 10.6. The van der Waals surface area contributed by atoms with Gasteiger partial charge >= 0.3 is 0 Å². The zero-order valence-corrected chi connectivity index (χ0v) is 11.8. The van der Waals surface area contributed by atoms with E-state index in [1.165, 1.54) is 12.1 Å². The van der Waals surface area contributed by atoms with E-state index in [-0.39, 0.29) is 17.0 Å². The molecule has 0 aliphatic carbocycles. The number of amides is 1. The van der Waals surface area contributed by atoms with Gasteiger partial charge in [0.15, 0.2) is 5.78 Å². The summed E-state index contributed by atoms with van der Waals surface area (Å²) in [6.45, 7) is 0.365. The van der Waals surface area contributed by atoms with Crippen LogP contribution in [0.25, 0.3) is 0 Å². The van der Waals surface area contributed by atoms with Gasteiger partial charge in [-0.1, -0.05) is 42.5 Å². The Morgan fingerprint density at radius 3 is 2.32 bits per heavy atom. The highest BCUT2D eigenvalue weighted by Crippen LogP contribution is 2.17. The maximum absolute atomic E-state index is 12.1. The lowest BCUT2D eigenvalue weighted by Gasteiger charge is -2.08. The third-order valence-electron chi connectivity index (χ3n) is 3.04. The Bertz CT molecular complexity index is 709. The molecule has 0 saturated heterocycles. The van der Waals surface area contributed by atoms with Gasteiger partial charge in [0.25, 0.3) is 5.91 Å². The van der Waals surface area contributed by atoms with Crippen LogP contribution in [0.5, 0.6) is 5.75 Å². The van der Waals surface area contributed by atoms with Crippen LogP contribution in [0.1, 0.15) is 15.9 Å². The number of primary amides is 1. The van der Waals surface area contributed by atoms with Gasteiger partial charge in [0, 0.05) is 12.6 Å². The molecule has 5 heteroatoms. The first-order valence-corrected chi connectivity index (χ1v) is 6.69. The van der Waals surface area contributed by atoms with Gasteiger partial charge in [-0.3, -0.25) is 9.59 Å². The van der Waals surface area contributed by atoms with Crippen LogP contribution in [-0.4, -0.2) is 16.8 Å². The predicted octanol–water partition coefficient (Wildman–Crippen LogP) is 1.73. The molecule has 0 saturated carbocycles. The number of hydrogen-bond donors (Lipinski definition) is 3. The first-order valence-electron chi connectivity index (χ1n) is 6.69. The van der Waals surface area contributed by atoms with Crippen LogP contribution >= 0.6 is 0 Å². The first kappa shape index (κ1) is 15.3. The molecule has 0 aliphatic heterocycles. The molecule has 22 heavy (non-hydrogen) atoms. The standard InChI is InChI=1S/C17H16N2O3/c18-17(22)14(19-11-12-6-2-1-3-7-12)10-16(21)13-8-4-5-9-15(13)20/h1-10,19-20H,11H2,(H2,18,22). The molecule has 0 fully saturated rings. The van der Waals surface area contributed by atoms with E-state index in [1.807, 2.05) is 30.3 Å². The van der Waals surface area contributed by atoms with Crippen molar-refractivity contribution in [3.05, 3.63) is 77.5 Å². The molecule has 0 unspecified atom stereocenters. The molecule has 0 spiro atoms. The fourth-order valence-electron chi connectivity index (χ4n) is 1.89. The number of benzene rings is 2. The van der Waals surface area contributed by atoms with Gasteiger partial charge in [-0.2, -0.15) is 0 Å². The van der Waals surface area contributed by atoms with Crippen molar-refractivity contribution >= 4 is 11.7 Å². The Morgan fingerprint density at radius 1 is 1.05 bits per heavy atom. The van der Waals surface area contributed by atoms with Crippen LogP contribution in [0.3, 0.4) is 0 Å². The van der Waals surface area contributed by atoms with Crippen LogP contribution in [0.2, 0.25) is 0 Å². The molecule has 2 aromatic rings. The van der Waals surface area contributed by atoms with Crippen LogP contribution < -0.4 is 11.1 Å². The summed E-state index contributed by atoms with van der Waals surface area (Å²) in [6, 6.07) is 15.5. The van der Waals surface area contributed by atoms with Crippen LogP contribution in [-0.2, 0) is 11.3 Å². The third kappa shape index (κ3) is 3.96. The lowest BCUT2D eigenvalue weighted by Crippen LogP contribution is -2.27. The number of carbonyl (C=O) groups excluding carboxylic acids is 2. The van der Waals surface area contributed by atoms with Crippen molar-refractivity contribution in [1.29, 1.82) is 0 Å². The second-order valence-corrected chi connectivity index (χ2v) is 4.64. The minimum absolute atomic E-state index is 0.00268. The number of rotatable bonds is 6. The Morgan fingerprint density at radius 2 is 1.68 bits per heavy atom. The number of ketones is 1. The van der Waals surface area contributed by atoms with Crippen molar-refractivity contribution in [2.75, 3.05) is 0 Å². The average molecular weight is 296 g/mol. The van der Waals surface area contributed by atoms with E-state index in [2.05, 4.69) is 5.32 Å². The third-order valence-corrected chi connectivity index (χ3v) is 3.04. The smallest absolute Gasteiger partial charge is 0.264 e. The van der Waals surface area contributed by atoms with E-state index in [4.69, 9.17) is 5.73 Å². The highest BCUT2D eigenvalue weighted by molar-refractivity contribution is 6.10. The molecule has 2 aromatic carbocycles. The maximum Gasteiger partial charge on any atom is 0.264 e. The summed E-state index contributed by atoms with van der Waals surface area (Å²) in [4.78, 5) is 23.6. The normalized spacial score (nSPS) is 11.0. The van der Waals surface area contributed by atoms with Gasteiger partial charge in [-0.05, 0) is 17.7 Å². The Labute approximate surface area is 128 Å². The number of allylic oxidation sites excluding steroid dienone is 1. The number of phenols is 1. The zero-order chi connectivity index (χ0) is 15.9. The van der Waals surface area contributed by atoms with Crippen molar-refractivity contribution in [2.45, 2.75) is 6.54 Å². The summed E-state index contributed by atoms with van der Waals surface area (Å²) in [5.74, 6) is -1.37. The zero-order valence-electron chi connectivity index (χ0n) is 11.8. The molecule has 0 aromatic heterocycles. The van der Waals surface area contributed by atoms with Gasteiger partial charge in [-0.15, -0.1) is 0 Å². The number of hydrogen-bond acceptors (Lipinski definition) is 4. The van der Waals surface area contributed by atoms with Crippen molar-refractivity contribution in [2.24, 2.45) is 5.73 Å². The minimum atomic E-state index is -0.736. The van der Waals surface area contributed by atoms with Crippen LogP contribution in [0, 0.1) is 0 Å². The SMILES string of the molecule is NC(=O)C(=CC(=O)c1ccccc1O)NCc1ccccc1. The summed E-state index contributed by atoms with van der Waals surface area (Å²) in [6.07, 6.45) is 1.10. The summed E-state index contributed by atoms with van der Waals surface area (Å²) in [5.41, 5.74) is 6.34. The summed E-state index contributed by atoms with van der Waals surface area (Å²) in [7, 11) is 0. The van der Waals surface area contributed by atoms with Crippen LogP contribution in [0.15, 0.2) is 66.4 Å². The quantitative estimate of drug-likeness (QED) is 0.559. The highest BCUT2D eigenvalue weighted by Gasteiger charge is 2.12. The summed E-state index contributed by atoms with van der Waals surface area (Å²) >= 11 is 0. The number of carbonyl (C=O) groups is 2. The van der Waals surface area contributed by atoms with Crippen LogP contribution in [0.4, 0.5) is 0 Å². The Kier molecular flexibility index (Phi) is 4.93. The topological polar surface area (TPSA) is 92.4 Å². The number of nitrogens with two attached hydrogens (primary N) is 1. The Hall–Kier alpha value is -3.08. The largest absolute Gasteiger partial charge is 0.507 e. The summed E-state index contributed by atoms with van der Waals surface area (Å²) in [5, 5.41) is 12.5. The molecular formula is C17H16N2O3. The summed E-state index contributed by atoms with van der Waals surface area (Å²) < 4.78 is 0. The lowest BCUT2D eigenvalue weighted by atomic mass is 10.1. The number of para-hydroxylation sites is 1. The fraction of sp³-hybridized carbons (Fsp3) is 0.0588. The molecule has 5 nitrogen and oxygen atoms in total. The predicted molar refractivity (Wildman–Crippen MR) is 83.0 cm³/mol. The molecule has 2 rings (SSSR count). The van der Waals surface area contributed by atoms with Gasteiger partial charge in [0.05, 0.1) is 5.56 Å². The molecule has 0 heterocycles. The van der Waals surface area contributed by atoms with E-state index < -0.39 is 11.7 Å². The second kappa shape index (κ2) is 7.08. The van der Waals surface area contributed by atoms with Gasteiger partial charge < -0.3 is 16.2 Å². The van der Waals surface area contributed by atoms with Crippen molar-refractivity contribution < 1.29 is 14.7 Å². The molecular weight excluding hydrogens is 280 g/mol. The highest BCUT2D eigenvalue weighted by atomic mass is 16.3. The molecule has 112 valence electrons. The molecule has 0 radical (unpaired) electrons. The number of phenolic OH excluding ortho intramolecular Hbond substituents is 1. The molecule has 1 amide bonds.